The van der Waals surface area contributed by atoms with Gasteiger partial charge in [0.05, 0.1) is 11.4 Å². The Morgan fingerprint density at radius 3 is 2.44 bits per heavy atom. The smallest absolute Gasteiger partial charge is 0.171 e. The number of aromatic nitrogens is 2. The van der Waals surface area contributed by atoms with Gasteiger partial charge in [-0.25, -0.2) is 9.97 Å². The van der Waals surface area contributed by atoms with Crippen LogP contribution >= 0.6 is 11.6 Å². The largest absolute Gasteiger partial charge is 0.367 e. The Hall–Kier alpha value is -0.870. The number of aryl methyl sites for hydroxylation is 2. The molecule has 16 heavy (non-hydrogen) atoms. The lowest BCUT2D eigenvalue weighted by molar-refractivity contribution is 0.405. The topological polar surface area (TPSA) is 41.1 Å². The molecular formula is C11H19ClN4. The van der Waals surface area contributed by atoms with Crippen LogP contribution in [0.3, 0.4) is 0 Å². The molecule has 0 radical (unpaired) electrons. The van der Waals surface area contributed by atoms with Crippen LogP contribution in [0.4, 0.5) is 5.82 Å². The molecule has 0 aromatic carbocycles. The molecule has 0 aliphatic rings. The summed E-state index contributed by atoms with van der Waals surface area (Å²) < 4.78 is 0. The Balaban J connectivity index is 2.51. The van der Waals surface area contributed by atoms with E-state index in [2.05, 4.69) is 34.3 Å². The molecule has 1 N–H and O–H groups in total. The minimum Gasteiger partial charge on any atom is -0.367 e. The van der Waals surface area contributed by atoms with Crippen molar-refractivity contribution in [2.24, 2.45) is 0 Å². The molecule has 0 unspecified atom stereocenters. The van der Waals surface area contributed by atoms with Crippen LogP contribution in [0, 0.1) is 13.8 Å². The van der Waals surface area contributed by atoms with Crippen molar-refractivity contribution in [3.8, 4) is 0 Å². The molecule has 0 amide bonds. The van der Waals surface area contributed by atoms with E-state index >= 15 is 0 Å². The number of hydrogen-bond acceptors (Lipinski definition) is 4. The number of hydrogen-bond donors (Lipinski definition) is 1. The Morgan fingerprint density at radius 2 is 1.81 bits per heavy atom. The van der Waals surface area contributed by atoms with Gasteiger partial charge in [-0.2, -0.15) is 0 Å². The van der Waals surface area contributed by atoms with Crippen LogP contribution in [0.15, 0.2) is 0 Å². The van der Waals surface area contributed by atoms with Crippen LogP contribution in [0.2, 0.25) is 5.15 Å². The summed E-state index contributed by atoms with van der Waals surface area (Å²) in [4.78, 5) is 10.7. The Labute approximate surface area is 102 Å². The lowest BCUT2D eigenvalue weighted by Gasteiger charge is -2.11. The summed E-state index contributed by atoms with van der Waals surface area (Å²) >= 11 is 6.00. The normalized spacial score (nSPS) is 10.9. The predicted octanol–water partition coefficient (Wildman–Crippen LogP) is 2.11. The first-order chi connectivity index (χ1) is 7.50. The fraction of sp³-hybridized carbons (Fsp3) is 0.636. The van der Waals surface area contributed by atoms with Gasteiger partial charge in [-0.05, 0) is 40.9 Å². The highest BCUT2D eigenvalue weighted by molar-refractivity contribution is 6.31. The predicted molar refractivity (Wildman–Crippen MR) is 68.2 cm³/mol. The molecule has 1 heterocycles. The molecule has 0 aliphatic carbocycles. The zero-order chi connectivity index (χ0) is 12.1. The minimum atomic E-state index is 0.452. The van der Waals surface area contributed by atoms with Gasteiger partial charge >= 0.3 is 0 Å². The van der Waals surface area contributed by atoms with Gasteiger partial charge in [-0.15, -0.1) is 0 Å². The fourth-order valence-corrected chi connectivity index (χ4v) is 1.53. The summed E-state index contributed by atoms with van der Waals surface area (Å²) in [7, 11) is 4.12. The van der Waals surface area contributed by atoms with Crippen LogP contribution < -0.4 is 5.32 Å². The standard InChI is InChI=1S/C11H19ClN4/c1-8-9(2)15-11(10(12)14-8)13-6-5-7-16(3)4/h5-7H2,1-4H3,(H,13,15). The van der Waals surface area contributed by atoms with Crippen LogP contribution in [0.5, 0.6) is 0 Å². The summed E-state index contributed by atoms with van der Waals surface area (Å²) in [5.41, 5.74) is 1.79. The van der Waals surface area contributed by atoms with Crippen molar-refractivity contribution >= 4 is 17.4 Å². The second-order valence-electron chi connectivity index (χ2n) is 4.12. The SMILES string of the molecule is Cc1nc(Cl)c(NCCCN(C)C)nc1C. The molecule has 1 rings (SSSR count). The molecular weight excluding hydrogens is 224 g/mol. The highest BCUT2D eigenvalue weighted by Crippen LogP contribution is 2.18. The molecule has 0 aliphatic heterocycles. The molecule has 1 aromatic heterocycles. The molecule has 0 saturated carbocycles. The number of anilines is 1. The summed E-state index contributed by atoms with van der Waals surface area (Å²) in [6, 6.07) is 0. The van der Waals surface area contributed by atoms with Gasteiger partial charge in [-0.1, -0.05) is 11.6 Å². The van der Waals surface area contributed by atoms with Gasteiger partial charge in [0.15, 0.2) is 11.0 Å². The van der Waals surface area contributed by atoms with E-state index in [1.807, 2.05) is 13.8 Å². The maximum absolute atomic E-state index is 6.00. The van der Waals surface area contributed by atoms with Crippen LogP contribution in [-0.4, -0.2) is 42.1 Å². The van der Waals surface area contributed by atoms with Crippen LogP contribution in [0.25, 0.3) is 0 Å². The molecule has 0 fully saturated rings. The Morgan fingerprint density at radius 1 is 1.19 bits per heavy atom. The molecule has 0 saturated heterocycles. The van der Waals surface area contributed by atoms with Crippen molar-refractivity contribution < 1.29 is 0 Å². The van der Waals surface area contributed by atoms with Crippen LogP contribution in [-0.2, 0) is 0 Å². The average Bonchev–Trinajstić information content (AvgIpc) is 2.19. The number of nitrogens with zero attached hydrogens (tertiary/aromatic N) is 3. The molecule has 0 atom stereocenters. The maximum atomic E-state index is 6.00. The number of halogens is 1. The van der Waals surface area contributed by atoms with E-state index in [-0.39, 0.29) is 0 Å². The van der Waals surface area contributed by atoms with Gasteiger partial charge in [0.1, 0.15) is 0 Å². The minimum absolute atomic E-state index is 0.452. The maximum Gasteiger partial charge on any atom is 0.171 e. The van der Waals surface area contributed by atoms with Crippen molar-refractivity contribution in [3.63, 3.8) is 0 Å². The van der Waals surface area contributed by atoms with Crippen molar-refractivity contribution in [1.82, 2.24) is 14.9 Å². The third kappa shape index (κ3) is 3.94. The summed E-state index contributed by atoms with van der Waals surface area (Å²) in [5, 5.41) is 3.66. The first-order valence-corrected chi connectivity index (χ1v) is 5.78. The molecule has 0 spiro atoms. The Bertz CT molecular complexity index is 352. The van der Waals surface area contributed by atoms with Crippen molar-refractivity contribution in [1.29, 1.82) is 0 Å². The van der Waals surface area contributed by atoms with E-state index in [4.69, 9.17) is 11.6 Å². The molecule has 4 nitrogen and oxygen atoms in total. The summed E-state index contributed by atoms with van der Waals surface area (Å²) in [6.07, 6.45) is 1.05. The first-order valence-electron chi connectivity index (χ1n) is 5.40. The third-order valence-electron chi connectivity index (χ3n) is 2.34. The summed E-state index contributed by atoms with van der Waals surface area (Å²) in [5.74, 6) is 0.684. The fourth-order valence-electron chi connectivity index (χ4n) is 1.29. The van der Waals surface area contributed by atoms with E-state index in [0.29, 0.717) is 11.0 Å². The van der Waals surface area contributed by atoms with E-state index in [0.717, 1.165) is 30.9 Å². The van der Waals surface area contributed by atoms with Gasteiger partial charge in [0.2, 0.25) is 0 Å². The van der Waals surface area contributed by atoms with E-state index in [1.54, 1.807) is 0 Å². The lowest BCUT2D eigenvalue weighted by atomic mass is 10.3. The monoisotopic (exact) mass is 242 g/mol. The molecule has 1 aromatic rings. The highest BCUT2D eigenvalue weighted by atomic mass is 35.5. The number of nitrogens with one attached hydrogen (secondary N) is 1. The van der Waals surface area contributed by atoms with Gasteiger partial charge in [0, 0.05) is 6.54 Å². The first kappa shape index (κ1) is 13.2. The van der Waals surface area contributed by atoms with Gasteiger partial charge in [-0.3, -0.25) is 0 Å². The van der Waals surface area contributed by atoms with E-state index in [1.165, 1.54) is 0 Å². The molecule has 90 valence electrons. The van der Waals surface area contributed by atoms with Crippen molar-refractivity contribution in [2.45, 2.75) is 20.3 Å². The van der Waals surface area contributed by atoms with Crippen LogP contribution in [0.1, 0.15) is 17.8 Å². The second kappa shape index (κ2) is 6.01. The van der Waals surface area contributed by atoms with Crippen molar-refractivity contribution in [2.75, 3.05) is 32.5 Å². The lowest BCUT2D eigenvalue weighted by Crippen LogP contribution is -2.17. The van der Waals surface area contributed by atoms with E-state index < -0.39 is 0 Å². The van der Waals surface area contributed by atoms with E-state index in [9.17, 15) is 0 Å². The summed E-state index contributed by atoms with van der Waals surface area (Å²) in [6.45, 7) is 5.74. The molecule has 5 heteroatoms. The quantitative estimate of drug-likeness (QED) is 0.803. The third-order valence-corrected chi connectivity index (χ3v) is 2.60. The molecule has 0 bridgehead atoms. The van der Waals surface area contributed by atoms with Crippen molar-refractivity contribution in [3.05, 3.63) is 16.5 Å². The van der Waals surface area contributed by atoms with Gasteiger partial charge in [0.25, 0.3) is 0 Å². The Kier molecular flexibility index (Phi) is 4.96. The average molecular weight is 243 g/mol. The number of rotatable bonds is 5. The van der Waals surface area contributed by atoms with Gasteiger partial charge < -0.3 is 10.2 Å². The highest BCUT2D eigenvalue weighted by Gasteiger charge is 2.05. The second-order valence-corrected chi connectivity index (χ2v) is 4.48. The zero-order valence-electron chi connectivity index (χ0n) is 10.3. The zero-order valence-corrected chi connectivity index (χ0v) is 11.1.